The van der Waals surface area contributed by atoms with Crippen molar-refractivity contribution in [2.45, 2.75) is 32.9 Å². The average molecular weight is 240 g/mol. The molecular formula is C11H20N4O2. The topological polar surface area (TPSA) is 68.2 Å². The van der Waals surface area contributed by atoms with E-state index >= 15 is 0 Å². The summed E-state index contributed by atoms with van der Waals surface area (Å²) in [6.45, 7) is 6.60. The molecule has 1 aromatic rings. The molecule has 6 nitrogen and oxygen atoms in total. The number of carbonyl (C=O) groups is 1. The minimum Gasteiger partial charge on any atom is -0.444 e. The zero-order valence-corrected chi connectivity index (χ0v) is 10.8. The second-order valence-electron chi connectivity index (χ2n) is 4.67. The van der Waals surface area contributed by atoms with E-state index in [2.05, 4.69) is 15.7 Å². The van der Waals surface area contributed by atoms with Crippen LogP contribution in [0.1, 0.15) is 20.8 Å². The van der Waals surface area contributed by atoms with Gasteiger partial charge in [-0.2, -0.15) is 5.10 Å². The zero-order valence-electron chi connectivity index (χ0n) is 10.8. The second kappa shape index (κ2) is 5.56. The number of carbonyl (C=O) groups excluding carboxylic acids is 1. The summed E-state index contributed by atoms with van der Waals surface area (Å²) in [6.07, 6.45) is 3.20. The van der Waals surface area contributed by atoms with Gasteiger partial charge in [-0.3, -0.25) is 4.68 Å². The Morgan fingerprint density at radius 1 is 1.53 bits per heavy atom. The van der Waals surface area contributed by atoms with Gasteiger partial charge >= 0.3 is 6.09 Å². The van der Waals surface area contributed by atoms with Crippen LogP contribution in [0.4, 0.5) is 10.5 Å². The fourth-order valence-electron chi connectivity index (χ4n) is 1.20. The van der Waals surface area contributed by atoms with Crippen LogP contribution in [0.3, 0.4) is 0 Å². The highest BCUT2D eigenvalue weighted by Crippen LogP contribution is 2.06. The molecule has 0 saturated heterocycles. The second-order valence-corrected chi connectivity index (χ2v) is 4.67. The number of anilines is 1. The van der Waals surface area contributed by atoms with Gasteiger partial charge in [-0.1, -0.05) is 0 Å². The van der Waals surface area contributed by atoms with Crippen molar-refractivity contribution in [1.29, 1.82) is 0 Å². The molecule has 0 radical (unpaired) electrons. The zero-order chi connectivity index (χ0) is 12.9. The van der Waals surface area contributed by atoms with Crippen LogP contribution < -0.4 is 10.6 Å². The molecule has 0 fully saturated rings. The summed E-state index contributed by atoms with van der Waals surface area (Å²) in [7, 11) is 1.83. The maximum atomic E-state index is 11.3. The van der Waals surface area contributed by atoms with Gasteiger partial charge in [0.15, 0.2) is 0 Å². The van der Waals surface area contributed by atoms with Crippen LogP contribution in [0.25, 0.3) is 0 Å². The van der Waals surface area contributed by atoms with Gasteiger partial charge in [-0.25, -0.2) is 4.79 Å². The van der Waals surface area contributed by atoms with E-state index in [0.717, 1.165) is 5.69 Å². The van der Waals surface area contributed by atoms with E-state index in [0.29, 0.717) is 13.1 Å². The molecule has 0 saturated carbocycles. The average Bonchev–Trinajstić information content (AvgIpc) is 2.63. The predicted molar refractivity (Wildman–Crippen MR) is 66.0 cm³/mol. The summed E-state index contributed by atoms with van der Waals surface area (Å²) >= 11 is 0. The quantitative estimate of drug-likeness (QED) is 0.835. The fourth-order valence-corrected chi connectivity index (χ4v) is 1.20. The first-order chi connectivity index (χ1) is 7.90. The maximum absolute atomic E-state index is 11.3. The maximum Gasteiger partial charge on any atom is 0.407 e. The van der Waals surface area contributed by atoms with Crippen molar-refractivity contribution >= 4 is 11.8 Å². The molecule has 0 aliphatic heterocycles. The van der Waals surface area contributed by atoms with Crippen LogP contribution in [-0.4, -0.2) is 35.1 Å². The highest BCUT2D eigenvalue weighted by atomic mass is 16.6. The first kappa shape index (κ1) is 13.3. The molecule has 1 aromatic heterocycles. The predicted octanol–water partition coefficient (Wildman–Crippen LogP) is 1.45. The smallest absolute Gasteiger partial charge is 0.407 e. The number of ether oxygens (including phenoxy) is 1. The Bertz CT molecular complexity index is 368. The number of aromatic nitrogens is 2. The largest absolute Gasteiger partial charge is 0.444 e. The normalized spacial score (nSPS) is 11.1. The molecule has 1 amide bonds. The third kappa shape index (κ3) is 5.24. The first-order valence-corrected chi connectivity index (χ1v) is 5.58. The molecule has 1 heterocycles. The number of alkyl carbamates (subject to hydrolysis) is 1. The molecule has 0 spiro atoms. The van der Waals surface area contributed by atoms with E-state index in [-0.39, 0.29) is 0 Å². The summed E-state index contributed by atoms with van der Waals surface area (Å²) in [5.41, 5.74) is 0.483. The molecule has 0 unspecified atom stereocenters. The summed E-state index contributed by atoms with van der Waals surface area (Å²) in [5.74, 6) is 0. The van der Waals surface area contributed by atoms with E-state index in [4.69, 9.17) is 4.74 Å². The molecule has 0 aromatic carbocycles. The van der Waals surface area contributed by atoms with Crippen molar-refractivity contribution in [2.75, 3.05) is 18.9 Å². The fraction of sp³-hybridized carbons (Fsp3) is 0.636. The third-order valence-electron chi connectivity index (χ3n) is 1.93. The van der Waals surface area contributed by atoms with Gasteiger partial charge in [0.05, 0.1) is 18.4 Å². The van der Waals surface area contributed by atoms with Crippen LogP contribution in [0, 0.1) is 0 Å². The van der Waals surface area contributed by atoms with Crippen LogP contribution in [0.2, 0.25) is 0 Å². The van der Waals surface area contributed by atoms with E-state index in [1.807, 2.05) is 34.0 Å². The van der Waals surface area contributed by atoms with E-state index in [9.17, 15) is 4.79 Å². The van der Waals surface area contributed by atoms with Gasteiger partial charge in [0.25, 0.3) is 0 Å². The number of hydrogen-bond acceptors (Lipinski definition) is 4. The number of nitrogens with zero attached hydrogens (tertiary/aromatic N) is 2. The summed E-state index contributed by atoms with van der Waals surface area (Å²) < 4.78 is 6.86. The molecule has 96 valence electrons. The van der Waals surface area contributed by atoms with Crippen molar-refractivity contribution < 1.29 is 9.53 Å². The highest BCUT2D eigenvalue weighted by molar-refractivity contribution is 5.67. The molecule has 6 heteroatoms. The van der Waals surface area contributed by atoms with E-state index in [1.54, 1.807) is 10.9 Å². The Morgan fingerprint density at radius 2 is 2.24 bits per heavy atom. The van der Waals surface area contributed by atoms with Gasteiger partial charge in [0.2, 0.25) is 0 Å². The minimum atomic E-state index is -0.463. The number of nitrogens with one attached hydrogen (secondary N) is 2. The standard InChI is InChI=1S/C11H20N4O2/c1-11(2,3)17-10(16)13-5-6-15-8-9(12-4)7-14-15/h7-8,12H,5-6H2,1-4H3,(H,13,16). The van der Waals surface area contributed by atoms with Gasteiger partial charge in [0.1, 0.15) is 5.60 Å². The Hall–Kier alpha value is -1.72. The van der Waals surface area contributed by atoms with Gasteiger partial charge in [0, 0.05) is 19.8 Å². The number of amides is 1. The van der Waals surface area contributed by atoms with Gasteiger partial charge in [-0.05, 0) is 20.8 Å². The molecule has 0 aliphatic carbocycles. The van der Waals surface area contributed by atoms with Crippen LogP contribution >= 0.6 is 0 Å². The van der Waals surface area contributed by atoms with Crippen molar-refractivity contribution in [3.8, 4) is 0 Å². The number of rotatable bonds is 4. The lowest BCUT2D eigenvalue weighted by Crippen LogP contribution is -2.34. The molecule has 2 N–H and O–H groups in total. The van der Waals surface area contributed by atoms with Crippen LogP contribution in [-0.2, 0) is 11.3 Å². The van der Waals surface area contributed by atoms with E-state index < -0.39 is 11.7 Å². The first-order valence-electron chi connectivity index (χ1n) is 5.58. The monoisotopic (exact) mass is 240 g/mol. The Morgan fingerprint density at radius 3 is 2.76 bits per heavy atom. The lowest BCUT2D eigenvalue weighted by Gasteiger charge is -2.19. The van der Waals surface area contributed by atoms with Crippen molar-refractivity contribution in [2.24, 2.45) is 0 Å². The molecule has 1 rings (SSSR count). The van der Waals surface area contributed by atoms with Crippen molar-refractivity contribution in [1.82, 2.24) is 15.1 Å². The Balaban J connectivity index is 2.26. The molecule has 0 bridgehead atoms. The van der Waals surface area contributed by atoms with Crippen molar-refractivity contribution in [3.05, 3.63) is 12.4 Å². The highest BCUT2D eigenvalue weighted by Gasteiger charge is 2.15. The lowest BCUT2D eigenvalue weighted by atomic mass is 10.2. The summed E-state index contributed by atoms with van der Waals surface area (Å²) in [6, 6.07) is 0. The van der Waals surface area contributed by atoms with Crippen LogP contribution in [0.15, 0.2) is 12.4 Å². The molecule has 17 heavy (non-hydrogen) atoms. The lowest BCUT2D eigenvalue weighted by molar-refractivity contribution is 0.0525. The Labute approximate surface area is 101 Å². The SMILES string of the molecule is CNc1cnn(CCNC(=O)OC(C)(C)C)c1. The molecular weight excluding hydrogens is 220 g/mol. The van der Waals surface area contributed by atoms with Crippen LogP contribution in [0.5, 0.6) is 0 Å². The molecule has 0 aliphatic rings. The molecule has 0 atom stereocenters. The summed E-state index contributed by atoms with van der Waals surface area (Å²) in [5, 5.41) is 9.78. The third-order valence-corrected chi connectivity index (χ3v) is 1.93. The van der Waals surface area contributed by atoms with Gasteiger partial charge < -0.3 is 15.4 Å². The minimum absolute atomic E-state index is 0.404. The van der Waals surface area contributed by atoms with E-state index in [1.165, 1.54) is 0 Å². The number of hydrogen-bond donors (Lipinski definition) is 2. The van der Waals surface area contributed by atoms with Crippen molar-refractivity contribution in [3.63, 3.8) is 0 Å². The van der Waals surface area contributed by atoms with Gasteiger partial charge in [-0.15, -0.1) is 0 Å². The Kier molecular flexibility index (Phi) is 4.37. The summed E-state index contributed by atoms with van der Waals surface area (Å²) in [4.78, 5) is 11.3.